The quantitative estimate of drug-likeness (QED) is 0.872. The summed E-state index contributed by atoms with van der Waals surface area (Å²) in [5, 5.41) is 9.07. The number of carboxylic acids is 1. The van der Waals surface area contributed by atoms with Crippen LogP contribution in [-0.2, 0) is 4.74 Å². The first kappa shape index (κ1) is 13.7. The van der Waals surface area contributed by atoms with Crippen LogP contribution in [0.25, 0.3) is 0 Å². The number of hydrogen-bond acceptors (Lipinski definition) is 3. The van der Waals surface area contributed by atoms with E-state index < -0.39 is 11.9 Å². The second-order valence-corrected chi connectivity index (χ2v) is 4.67. The fourth-order valence-electron chi connectivity index (χ4n) is 1.39. The van der Waals surface area contributed by atoms with E-state index in [1.165, 1.54) is 7.11 Å². The number of carboxylic acid groups (broad SMARTS) is 1. The zero-order valence-corrected chi connectivity index (χ0v) is 11.4. The molecule has 5 heteroatoms. The Morgan fingerprint density at radius 3 is 2.24 bits per heavy atom. The van der Waals surface area contributed by atoms with Crippen molar-refractivity contribution in [3.63, 3.8) is 0 Å². The third-order valence-electron chi connectivity index (χ3n) is 2.40. The van der Waals surface area contributed by atoms with Crippen LogP contribution in [0.5, 0.6) is 0 Å². The van der Waals surface area contributed by atoms with Crippen molar-refractivity contribution < 1.29 is 19.4 Å². The van der Waals surface area contributed by atoms with E-state index in [1.54, 1.807) is 12.1 Å². The number of aromatic carboxylic acids is 1. The average molecular weight is 301 g/mol. The Morgan fingerprint density at radius 1 is 1.29 bits per heavy atom. The van der Waals surface area contributed by atoms with Crippen molar-refractivity contribution in [3.05, 3.63) is 33.3 Å². The Hall–Kier alpha value is -1.36. The van der Waals surface area contributed by atoms with Gasteiger partial charge in [0.25, 0.3) is 0 Å². The fourth-order valence-corrected chi connectivity index (χ4v) is 1.95. The lowest BCUT2D eigenvalue weighted by Crippen LogP contribution is -2.09. The van der Waals surface area contributed by atoms with Crippen LogP contribution in [0.4, 0.5) is 0 Å². The number of ether oxygens (including phenoxy) is 1. The molecular formula is C12H13BrO4. The standard InChI is InChI=1S/C12H13BrO4/c1-6(2)7-4-8(11(14)15)10(13)9(5-7)12(16)17-3/h4-6H,1-3H3,(H,14,15). The molecular weight excluding hydrogens is 288 g/mol. The Labute approximate surface area is 108 Å². The van der Waals surface area contributed by atoms with Crippen LogP contribution < -0.4 is 0 Å². The highest BCUT2D eigenvalue weighted by Gasteiger charge is 2.20. The average Bonchev–Trinajstić information content (AvgIpc) is 2.27. The molecule has 1 aromatic rings. The molecule has 0 radical (unpaired) electrons. The molecule has 0 saturated heterocycles. The summed E-state index contributed by atoms with van der Waals surface area (Å²) in [5.74, 6) is -1.50. The number of carbonyl (C=O) groups excluding carboxylic acids is 1. The van der Waals surface area contributed by atoms with Crippen molar-refractivity contribution in [2.75, 3.05) is 7.11 Å². The number of esters is 1. The van der Waals surface area contributed by atoms with Crippen molar-refractivity contribution >= 4 is 27.9 Å². The number of methoxy groups -OCH3 is 1. The Bertz CT molecular complexity index is 466. The predicted octanol–water partition coefficient (Wildman–Crippen LogP) is 3.06. The summed E-state index contributed by atoms with van der Waals surface area (Å²) in [6.45, 7) is 3.85. The fraction of sp³-hybridized carbons (Fsp3) is 0.333. The number of benzene rings is 1. The van der Waals surface area contributed by atoms with Crippen LogP contribution in [0.3, 0.4) is 0 Å². The number of carbonyl (C=O) groups is 2. The van der Waals surface area contributed by atoms with E-state index in [0.29, 0.717) is 0 Å². The van der Waals surface area contributed by atoms with Gasteiger partial charge in [0.05, 0.1) is 18.2 Å². The molecule has 0 aliphatic rings. The van der Waals surface area contributed by atoms with Gasteiger partial charge in [-0.25, -0.2) is 9.59 Å². The maximum absolute atomic E-state index is 11.5. The van der Waals surface area contributed by atoms with Crippen molar-refractivity contribution in [2.24, 2.45) is 0 Å². The van der Waals surface area contributed by atoms with Crippen LogP contribution in [-0.4, -0.2) is 24.2 Å². The monoisotopic (exact) mass is 300 g/mol. The number of rotatable bonds is 3. The molecule has 0 saturated carbocycles. The molecule has 1 rings (SSSR count). The van der Waals surface area contributed by atoms with Crippen LogP contribution in [0.1, 0.15) is 46.0 Å². The summed E-state index contributed by atoms with van der Waals surface area (Å²) in [7, 11) is 1.26. The van der Waals surface area contributed by atoms with Crippen LogP contribution in [0, 0.1) is 0 Å². The third-order valence-corrected chi connectivity index (χ3v) is 3.25. The minimum absolute atomic E-state index is 0.0663. The van der Waals surface area contributed by atoms with Gasteiger partial charge in [0, 0.05) is 4.47 Å². The molecule has 0 atom stereocenters. The molecule has 0 unspecified atom stereocenters. The van der Waals surface area contributed by atoms with Crippen molar-refractivity contribution in [1.82, 2.24) is 0 Å². The molecule has 0 bridgehead atoms. The highest BCUT2D eigenvalue weighted by atomic mass is 79.9. The van der Waals surface area contributed by atoms with Gasteiger partial charge in [-0.1, -0.05) is 13.8 Å². The van der Waals surface area contributed by atoms with Gasteiger partial charge < -0.3 is 9.84 Å². The molecule has 1 N–H and O–H groups in total. The predicted molar refractivity (Wildman–Crippen MR) is 66.5 cm³/mol. The highest BCUT2D eigenvalue weighted by Crippen LogP contribution is 2.28. The summed E-state index contributed by atoms with van der Waals surface area (Å²) in [6, 6.07) is 3.20. The lowest BCUT2D eigenvalue weighted by Gasteiger charge is -2.11. The first-order chi connectivity index (χ1) is 7.88. The smallest absolute Gasteiger partial charge is 0.339 e. The minimum atomic E-state index is -1.08. The largest absolute Gasteiger partial charge is 0.478 e. The molecule has 0 aromatic heterocycles. The zero-order chi connectivity index (χ0) is 13.2. The molecule has 17 heavy (non-hydrogen) atoms. The van der Waals surface area contributed by atoms with Crippen LogP contribution in [0.2, 0.25) is 0 Å². The number of hydrogen-bond donors (Lipinski definition) is 1. The summed E-state index contributed by atoms with van der Waals surface area (Å²) >= 11 is 3.12. The van der Waals surface area contributed by atoms with E-state index in [0.717, 1.165) is 5.56 Å². The van der Waals surface area contributed by atoms with Gasteiger partial charge >= 0.3 is 11.9 Å². The van der Waals surface area contributed by atoms with Crippen molar-refractivity contribution in [3.8, 4) is 0 Å². The van der Waals surface area contributed by atoms with Crippen molar-refractivity contribution in [1.29, 1.82) is 0 Å². The summed E-state index contributed by atoms with van der Waals surface area (Å²) in [6.07, 6.45) is 0. The van der Waals surface area contributed by atoms with Gasteiger partial charge in [0.1, 0.15) is 0 Å². The van der Waals surface area contributed by atoms with Gasteiger partial charge in [-0.05, 0) is 39.5 Å². The van der Waals surface area contributed by atoms with E-state index in [9.17, 15) is 9.59 Å². The van der Waals surface area contributed by atoms with Gasteiger partial charge in [-0.3, -0.25) is 0 Å². The molecule has 92 valence electrons. The molecule has 0 aliphatic carbocycles. The van der Waals surface area contributed by atoms with E-state index in [2.05, 4.69) is 20.7 Å². The maximum Gasteiger partial charge on any atom is 0.339 e. The van der Waals surface area contributed by atoms with Crippen LogP contribution in [0.15, 0.2) is 16.6 Å². The second-order valence-electron chi connectivity index (χ2n) is 3.88. The van der Waals surface area contributed by atoms with Crippen molar-refractivity contribution in [2.45, 2.75) is 19.8 Å². The SMILES string of the molecule is COC(=O)c1cc(C(C)C)cc(C(=O)O)c1Br. The molecule has 0 amide bonds. The zero-order valence-electron chi connectivity index (χ0n) is 9.78. The van der Waals surface area contributed by atoms with E-state index in [4.69, 9.17) is 5.11 Å². The Balaban J connectivity index is 3.48. The third kappa shape index (κ3) is 2.85. The van der Waals surface area contributed by atoms with Gasteiger partial charge in [0.2, 0.25) is 0 Å². The summed E-state index contributed by atoms with van der Waals surface area (Å²) in [4.78, 5) is 22.6. The number of halogens is 1. The van der Waals surface area contributed by atoms with Gasteiger partial charge in [-0.15, -0.1) is 0 Å². The lowest BCUT2D eigenvalue weighted by molar-refractivity contribution is 0.0599. The molecule has 0 aliphatic heterocycles. The Morgan fingerprint density at radius 2 is 1.82 bits per heavy atom. The molecule has 0 fully saturated rings. The normalized spacial score (nSPS) is 10.4. The minimum Gasteiger partial charge on any atom is -0.478 e. The second kappa shape index (κ2) is 5.31. The first-order valence-corrected chi connectivity index (χ1v) is 5.82. The summed E-state index contributed by atoms with van der Waals surface area (Å²) in [5.41, 5.74) is 1.08. The van der Waals surface area contributed by atoms with E-state index in [1.807, 2.05) is 13.8 Å². The molecule has 1 aromatic carbocycles. The van der Waals surface area contributed by atoms with Gasteiger partial charge in [0.15, 0.2) is 0 Å². The molecule has 0 heterocycles. The first-order valence-electron chi connectivity index (χ1n) is 5.03. The highest BCUT2D eigenvalue weighted by molar-refractivity contribution is 9.10. The maximum atomic E-state index is 11.5. The van der Waals surface area contributed by atoms with E-state index in [-0.39, 0.29) is 21.5 Å². The molecule has 0 spiro atoms. The molecule has 4 nitrogen and oxygen atoms in total. The topological polar surface area (TPSA) is 63.6 Å². The van der Waals surface area contributed by atoms with Gasteiger partial charge in [-0.2, -0.15) is 0 Å². The lowest BCUT2D eigenvalue weighted by atomic mass is 9.97. The van der Waals surface area contributed by atoms with E-state index >= 15 is 0 Å². The van der Waals surface area contributed by atoms with Crippen LogP contribution >= 0.6 is 15.9 Å². The summed E-state index contributed by atoms with van der Waals surface area (Å²) < 4.78 is 4.88. The Kier molecular flexibility index (Phi) is 4.28.